The third kappa shape index (κ3) is 5.20. The quantitative estimate of drug-likeness (QED) is 0.575. The average Bonchev–Trinajstić information content (AvgIpc) is 3.08. The second kappa shape index (κ2) is 9.17. The Morgan fingerprint density at radius 3 is 2.48 bits per heavy atom. The molecule has 0 spiro atoms. The van der Waals surface area contributed by atoms with E-state index in [4.69, 9.17) is 12.2 Å². The Hall–Kier alpha value is -2.74. The van der Waals surface area contributed by atoms with E-state index in [0.29, 0.717) is 23.8 Å². The summed E-state index contributed by atoms with van der Waals surface area (Å²) in [4.78, 5) is 25.5. The molecular weight excluding hydrogens is 386 g/mol. The predicted molar refractivity (Wildman–Crippen MR) is 116 cm³/mol. The molecule has 2 aromatic rings. The Balaban J connectivity index is 1.57. The fraction of sp³-hybridized carbons (Fsp3) is 0.429. The summed E-state index contributed by atoms with van der Waals surface area (Å²) in [7, 11) is 0. The number of anilines is 1. The van der Waals surface area contributed by atoms with E-state index in [9.17, 15) is 9.59 Å². The van der Waals surface area contributed by atoms with Crippen LogP contribution in [0.1, 0.15) is 57.0 Å². The first-order valence-corrected chi connectivity index (χ1v) is 10.3. The Morgan fingerprint density at radius 1 is 1.24 bits per heavy atom. The Bertz CT molecular complexity index is 950. The third-order valence-electron chi connectivity index (χ3n) is 5.07. The van der Waals surface area contributed by atoms with Crippen LogP contribution in [0.4, 0.5) is 5.69 Å². The number of nitrogens with zero attached hydrogens (tertiary/aromatic N) is 3. The summed E-state index contributed by atoms with van der Waals surface area (Å²) < 4.78 is 2.73. The molecule has 154 valence electrons. The molecule has 1 aliphatic rings. The first-order valence-electron chi connectivity index (χ1n) is 9.86. The van der Waals surface area contributed by atoms with Gasteiger partial charge in [0.1, 0.15) is 5.82 Å². The maximum atomic E-state index is 12.5. The molecule has 1 aromatic carbocycles. The summed E-state index contributed by atoms with van der Waals surface area (Å²) >= 11 is 5.34. The van der Waals surface area contributed by atoms with Gasteiger partial charge in [-0.05, 0) is 62.7 Å². The van der Waals surface area contributed by atoms with Gasteiger partial charge in [-0.15, -0.1) is 0 Å². The maximum Gasteiger partial charge on any atom is 0.246 e. The molecule has 8 heteroatoms. The van der Waals surface area contributed by atoms with Gasteiger partial charge in [-0.3, -0.25) is 14.7 Å². The van der Waals surface area contributed by atoms with E-state index in [1.807, 2.05) is 29.2 Å². The second-order valence-electron chi connectivity index (χ2n) is 7.59. The van der Waals surface area contributed by atoms with Crippen molar-refractivity contribution in [1.29, 1.82) is 0 Å². The minimum atomic E-state index is -0.107. The minimum absolute atomic E-state index is 0.0112. The van der Waals surface area contributed by atoms with Crippen LogP contribution in [-0.2, 0) is 9.59 Å². The molecule has 0 bridgehead atoms. The highest BCUT2D eigenvalue weighted by Gasteiger charge is 2.27. The van der Waals surface area contributed by atoms with Crippen molar-refractivity contribution in [3.63, 3.8) is 0 Å². The number of carbonyl (C=O) groups is 2. The topological polar surface area (TPSA) is 83.0 Å². The van der Waals surface area contributed by atoms with Gasteiger partial charge in [-0.25, -0.2) is 0 Å². The number of likely N-dealkylation sites (tertiary alicyclic amines) is 1. The lowest BCUT2D eigenvalue weighted by atomic mass is 9.95. The molecule has 3 rings (SSSR count). The monoisotopic (exact) mass is 413 g/mol. The van der Waals surface area contributed by atoms with Crippen LogP contribution < -0.4 is 5.32 Å². The largest absolute Gasteiger partial charge is 0.339 e. The highest BCUT2D eigenvalue weighted by Crippen LogP contribution is 2.28. The zero-order chi connectivity index (χ0) is 21.0. The standard InChI is InChI=1S/C21H27N5O2S/c1-14(2)26-20(23-24-21(26)29)17-10-12-25(13-11-17)19(28)9-6-16-4-7-18(8-5-16)22-15(3)27/h4-9,14,17H,10-13H2,1-3H3,(H,22,27)(H,24,29)/b9-6+. The molecule has 0 radical (unpaired) electrons. The molecule has 1 fully saturated rings. The fourth-order valence-electron chi connectivity index (χ4n) is 3.62. The van der Waals surface area contributed by atoms with Crippen molar-refractivity contribution in [2.75, 3.05) is 18.4 Å². The van der Waals surface area contributed by atoms with Crippen LogP contribution in [0, 0.1) is 4.77 Å². The van der Waals surface area contributed by atoms with Crippen LogP contribution >= 0.6 is 12.2 Å². The maximum absolute atomic E-state index is 12.5. The predicted octanol–water partition coefficient (Wildman–Crippen LogP) is 3.90. The smallest absolute Gasteiger partial charge is 0.246 e. The first kappa shape index (κ1) is 21.0. The number of hydrogen-bond acceptors (Lipinski definition) is 4. The molecular formula is C21H27N5O2S. The highest BCUT2D eigenvalue weighted by molar-refractivity contribution is 7.71. The third-order valence-corrected chi connectivity index (χ3v) is 5.36. The Labute approximate surface area is 175 Å². The summed E-state index contributed by atoms with van der Waals surface area (Å²) in [6.07, 6.45) is 5.16. The van der Waals surface area contributed by atoms with Crippen molar-refractivity contribution in [1.82, 2.24) is 19.7 Å². The summed E-state index contributed by atoms with van der Waals surface area (Å²) in [6.45, 7) is 7.07. The van der Waals surface area contributed by atoms with Crippen LogP contribution in [0.5, 0.6) is 0 Å². The Morgan fingerprint density at radius 2 is 1.90 bits per heavy atom. The lowest BCUT2D eigenvalue weighted by Crippen LogP contribution is -2.37. The number of piperidine rings is 1. The van der Waals surface area contributed by atoms with E-state index >= 15 is 0 Å². The van der Waals surface area contributed by atoms with Crippen molar-refractivity contribution in [3.8, 4) is 0 Å². The molecule has 0 saturated carbocycles. The zero-order valence-corrected chi connectivity index (χ0v) is 17.8. The van der Waals surface area contributed by atoms with Crippen LogP contribution in [0.3, 0.4) is 0 Å². The molecule has 2 N–H and O–H groups in total. The lowest BCUT2D eigenvalue weighted by molar-refractivity contribution is -0.127. The van der Waals surface area contributed by atoms with Gasteiger partial charge in [0.2, 0.25) is 11.8 Å². The van der Waals surface area contributed by atoms with E-state index in [0.717, 1.165) is 29.9 Å². The molecule has 0 aliphatic carbocycles. The second-order valence-corrected chi connectivity index (χ2v) is 7.97. The molecule has 1 aliphatic heterocycles. The lowest BCUT2D eigenvalue weighted by Gasteiger charge is -2.31. The van der Waals surface area contributed by atoms with Gasteiger partial charge in [0, 0.05) is 43.7 Å². The van der Waals surface area contributed by atoms with Crippen molar-refractivity contribution >= 4 is 35.8 Å². The number of aromatic nitrogens is 3. The summed E-state index contributed by atoms with van der Waals surface area (Å²) in [5.74, 6) is 1.20. The van der Waals surface area contributed by atoms with Gasteiger partial charge >= 0.3 is 0 Å². The molecule has 1 saturated heterocycles. The number of hydrogen-bond donors (Lipinski definition) is 2. The summed E-state index contributed by atoms with van der Waals surface area (Å²) in [5, 5.41) is 10.1. The van der Waals surface area contributed by atoms with E-state index in [2.05, 4.69) is 33.9 Å². The Kier molecular flexibility index (Phi) is 6.64. The number of aromatic amines is 1. The number of amides is 2. The fourth-order valence-corrected chi connectivity index (χ4v) is 3.97. The zero-order valence-electron chi connectivity index (χ0n) is 17.0. The minimum Gasteiger partial charge on any atom is -0.339 e. The van der Waals surface area contributed by atoms with E-state index in [1.54, 1.807) is 12.2 Å². The number of carbonyl (C=O) groups excluding carboxylic acids is 2. The van der Waals surface area contributed by atoms with E-state index in [-0.39, 0.29) is 17.9 Å². The number of nitrogens with one attached hydrogen (secondary N) is 2. The van der Waals surface area contributed by atoms with Gasteiger partial charge in [-0.1, -0.05) is 12.1 Å². The normalized spacial score (nSPS) is 15.2. The van der Waals surface area contributed by atoms with Crippen molar-refractivity contribution < 1.29 is 9.59 Å². The molecule has 7 nitrogen and oxygen atoms in total. The molecule has 1 aromatic heterocycles. The van der Waals surface area contributed by atoms with Crippen LogP contribution in [0.25, 0.3) is 6.08 Å². The van der Waals surface area contributed by atoms with Gasteiger partial charge < -0.3 is 14.8 Å². The average molecular weight is 414 g/mol. The van der Waals surface area contributed by atoms with Gasteiger partial charge in [0.15, 0.2) is 4.77 Å². The molecule has 0 unspecified atom stereocenters. The number of H-pyrrole nitrogens is 1. The molecule has 29 heavy (non-hydrogen) atoms. The molecule has 2 amide bonds. The number of rotatable bonds is 5. The van der Waals surface area contributed by atoms with Crippen molar-refractivity contribution in [3.05, 3.63) is 46.5 Å². The van der Waals surface area contributed by atoms with Crippen molar-refractivity contribution in [2.24, 2.45) is 0 Å². The van der Waals surface area contributed by atoms with Crippen LogP contribution in [0.15, 0.2) is 30.3 Å². The van der Waals surface area contributed by atoms with E-state index in [1.165, 1.54) is 6.92 Å². The highest BCUT2D eigenvalue weighted by atomic mass is 32.1. The van der Waals surface area contributed by atoms with Gasteiger partial charge in [-0.2, -0.15) is 5.10 Å². The number of benzene rings is 1. The van der Waals surface area contributed by atoms with E-state index < -0.39 is 0 Å². The molecule has 0 atom stereocenters. The summed E-state index contributed by atoms with van der Waals surface area (Å²) in [5.41, 5.74) is 1.65. The van der Waals surface area contributed by atoms with Gasteiger partial charge in [0.05, 0.1) is 0 Å². The molecule has 2 heterocycles. The van der Waals surface area contributed by atoms with Crippen LogP contribution in [0.2, 0.25) is 0 Å². The summed E-state index contributed by atoms with van der Waals surface area (Å²) in [6, 6.07) is 7.64. The first-order chi connectivity index (χ1) is 13.8. The SMILES string of the molecule is CC(=O)Nc1ccc(/C=C/C(=O)N2CCC(c3n[nH]c(=S)n3C(C)C)CC2)cc1. The van der Waals surface area contributed by atoms with Crippen molar-refractivity contribution in [2.45, 2.75) is 45.6 Å². The van der Waals surface area contributed by atoms with Gasteiger partial charge in [0.25, 0.3) is 0 Å². The van der Waals surface area contributed by atoms with Crippen LogP contribution in [-0.4, -0.2) is 44.6 Å².